The molecule has 4 rings (SSSR count). The molecule has 0 fully saturated rings. The van der Waals surface area contributed by atoms with Gasteiger partial charge in [-0.3, -0.25) is 14.5 Å². The molecule has 1 amide bonds. The van der Waals surface area contributed by atoms with E-state index in [-0.39, 0.29) is 11.4 Å². The van der Waals surface area contributed by atoms with Gasteiger partial charge >= 0.3 is 0 Å². The molecule has 3 aromatic heterocycles. The number of nitrogens with zero attached hydrogens (tertiary/aromatic N) is 4. The van der Waals surface area contributed by atoms with Crippen LogP contribution in [0.1, 0.15) is 16.1 Å². The summed E-state index contributed by atoms with van der Waals surface area (Å²) in [6.45, 7) is 1.83. The summed E-state index contributed by atoms with van der Waals surface area (Å²) >= 11 is 1.56. The van der Waals surface area contributed by atoms with Crippen LogP contribution in [0.15, 0.2) is 54.3 Å². The summed E-state index contributed by atoms with van der Waals surface area (Å²) in [5.41, 5.74) is 3.77. The van der Waals surface area contributed by atoms with Gasteiger partial charge in [0.25, 0.3) is 5.91 Å². The number of carbonyl (C=O) groups is 1. The predicted octanol–water partition coefficient (Wildman–Crippen LogP) is 4.31. The van der Waals surface area contributed by atoms with Crippen LogP contribution in [0.2, 0.25) is 0 Å². The Balaban J connectivity index is 1.69. The van der Waals surface area contributed by atoms with E-state index < -0.39 is 11.7 Å². The zero-order valence-corrected chi connectivity index (χ0v) is 16.0. The molecule has 1 N–H and O–H groups in total. The van der Waals surface area contributed by atoms with Crippen molar-refractivity contribution in [3.63, 3.8) is 0 Å². The molecule has 0 saturated heterocycles. The normalized spacial score (nSPS) is 10.8. The minimum Gasteiger partial charge on any atom is -0.318 e. The zero-order chi connectivity index (χ0) is 19.7. The summed E-state index contributed by atoms with van der Waals surface area (Å²) in [7, 11) is 1.78. The molecule has 6 nitrogen and oxygen atoms in total. The van der Waals surface area contributed by atoms with E-state index in [1.165, 1.54) is 12.3 Å². The van der Waals surface area contributed by atoms with Crippen LogP contribution in [-0.2, 0) is 7.05 Å². The second-order valence-electron chi connectivity index (χ2n) is 6.17. The number of hydrogen-bond donors (Lipinski definition) is 1. The van der Waals surface area contributed by atoms with Crippen molar-refractivity contribution in [2.24, 2.45) is 7.05 Å². The molecule has 1 aromatic carbocycles. The first-order valence-corrected chi connectivity index (χ1v) is 9.37. The van der Waals surface area contributed by atoms with E-state index in [1.807, 2.05) is 36.6 Å². The standard InChI is InChI=1S/C20H16FN5OS/c1-12-17(19(27)24-16-6-7-22-11-15(16)21)25-26(2)18(12)13-4-3-5-14(10-13)20-23-8-9-28-20/h3-11H,1-2H3,(H,22,24,27). The molecule has 140 valence electrons. The lowest BCUT2D eigenvalue weighted by atomic mass is 10.0. The molecule has 0 aliphatic heterocycles. The van der Waals surface area contributed by atoms with E-state index in [4.69, 9.17) is 0 Å². The second kappa shape index (κ2) is 7.32. The molecule has 4 aromatic rings. The first-order chi connectivity index (χ1) is 13.5. The highest BCUT2D eigenvalue weighted by Crippen LogP contribution is 2.30. The number of aryl methyl sites for hydroxylation is 1. The van der Waals surface area contributed by atoms with Gasteiger partial charge in [0.15, 0.2) is 11.5 Å². The van der Waals surface area contributed by atoms with Crippen LogP contribution in [0.5, 0.6) is 0 Å². The molecule has 0 bridgehead atoms. The van der Waals surface area contributed by atoms with Crippen molar-refractivity contribution in [3.05, 3.63) is 71.4 Å². The van der Waals surface area contributed by atoms with Crippen LogP contribution in [-0.4, -0.2) is 25.7 Å². The highest BCUT2D eigenvalue weighted by Gasteiger charge is 2.21. The van der Waals surface area contributed by atoms with Crippen LogP contribution in [0.25, 0.3) is 21.8 Å². The molecule has 8 heteroatoms. The first kappa shape index (κ1) is 18.0. The Kier molecular flexibility index (Phi) is 4.70. The molecule has 0 atom stereocenters. The van der Waals surface area contributed by atoms with Crippen molar-refractivity contribution in [3.8, 4) is 21.8 Å². The van der Waals surface area contributed by atoms with Crippen molar-refractivity contribution < 1.29 is 9.18 Å². The highest BCUT2D eigenvalue weighted by atomic mass is 32.1. The van der Waals surface area contributed by atoms with E-state index in [9.17, 15) is 9.18 Å². The van der Waals surface area contributed by atoms with Gasteiger partial charge in [0.1, 0.15) is 5.01 Å². The number of amides is 1. The molecular weight excluding hydrogens is 377 g/mol. The molecule has 3 heterocycles. The lowest BCUT2D eigenvalue weighted by Gasteiger charge is -2.06. The van der Waals surface area contributed by atoms with Gasteiger partial charge in [-0.05, 0) is 19.1 Å². The van der Waals surface area contributed by atoms with E-state index in [1.54, 1.807) is 29.3 Å². The maximum atomic E-state index is 13.8. The third-order valence-corrected chi connectivity index (χ3v) is 5.16. The Morgan fingerprint density at radius 3 is 2.79 bits per heavy atom. The molecular formula is C20H16FN5OS. The number of pyridine rings is 1. The minimum absolute atomic E-state index is 0.0670. The minimum atomic E-state index is -0.596. The fraction of sp³-hybridized carbons (Fsp3) is 0.100. The van der Waals surface area contributed by atoms with Crippen molar-refractivity contribution in [2.75, 3.05) is 5.32 Å². The summed E-state index contributed by atoms with van der Waals surface area (Å²) in [6, 6.07) is 9.33. The number of nitrogens with one attached hydrogen (secondary N) is 1. The number of aromatic nitrogens is 4. The van der Waals surface area contributed by atoms with Crippen LogP contribution in [0.4, 0.5) is 10.1 Å². The molecule has 0 aliphatic rings. The van der Waals surface area contributed by atoms with Gasteiger partial charge in [-0.25, -0.2) is 9.37 Å². The number of halogens is 1. The van der Waals surface area contributed by atoms with Gasteiger partial charge in [0, 0.05) is 41.5 Å². The topological polar surface area (TPSA) is 72.7 Å². The van der Waals surface area contributed by atoms with E-state index in [0.29, 0.717) is 5.56 Å². The van der Waals surface area contributed by atoms with Crippen LogP contribution < -0.4 is 5.32 Å². The van der Waals surface area contributed by atoms with Crippen molar-refractivity contribution in [1.29, 1.82) is 0 Å². The monoisotopic (exact) mass is 393 g/mol. The van der Waals surface area contributed by atoms with Gasteiger partial charge in [-0.2, -0.15) is 5.10 Å². The van der Waals surface area contributed by atoms with Crippen LogP contribution >= 0.6 is 11.3 Å². The summed E-state index contributed by atoms with van der Waals surface area (Å²) in [4.78, 5) is 20.7. The molecule has 0 radical (unpaired) electrons. The fourth-order valence-corrected chi connectivity index (χ4v) is 3.71. The molecule has 28 heavy (non-hydrogen) atoms. The van der Waals surface area contributed by atoms with Crippen molar-refractivity contribution in [2.45, 2.75) is 6.92 Å². The van der Waals surface area contributed by atoms with Gasteiger partial charge in [-0.15, -0.1) is 11.3 Å². The van der Waals surface area contributed by atoms with Gasteiger partial charge < -0.3 is 5.32 Å². The largest absolute Gasteiger partial charge is 0.318 e. The number of anilines is 1. The summed E-state index contributed by atoms with van der Waals surface area (Å²) in [6.07, 6.45) is 4.23. The number of rotatable bonds is 4. The number of hydrogen-bond acceptors (Lipinski definition) is 5. The van der Waals surface area contributed by atoms with E-state index in [0.717, 1.165) is 28.0 Å². The number of carbonyl (C=O) groups excluding carboxylic acids is 1. The van der Waals surface area contributed by atoms with Crippen LogP contribution in [0, 0.1) is 12.7 Å². The smallest absolute Gasteiger partial charge is 0.276 e. The second-order valence-corrected chi connectivity index (χ2v) is 7.07. The number of benzene rings is 1. The molecule has 0 saturated carbocycles. The Hall–Kier alpha value is -3.39. The Morgan fingerprint density at radius 2 is 2.04 bits per heavy atom. The fourth-order valence-electron chi connectivity index (χ4n) is 3.07. The predicted molar refractivity (Wildman–Crippen MR) is 107 cm³/mol. The quantitative estimate of drug-likeness (QED) is 0.561. The van der Waals surface area contributed by atoms with E-state index in [2.05, 4.69) is 20.4 Å². The Morgan fingerprint density at radius 1 is 1.21 bits per heavy atom. The van der Waals surface area contributed by atoms with Gasteiger partial charge in [0.05, 0.1) is 17.6 Å². The third-order valence-electron chi connectivity index (χ3n) is 4.34. The zero-order valence-electron chi connectivity index (χ0n) is 15.2. The van der Waals surface area contributed by atoms with Crippen LogP contribution in [0.3, 0.4) is 0 Å². The summed E-state index contributed by atoms with van der Waals surface area (Å²) in [5.74, 6) is -1.07. The number of thiazole rings is 1. The van der Waals surface area contributed by atoms with Crippen molar-refractivity contribution in [1.82, 2.24) is 19.7 Å². The summed E-state index contributed by atoms with van der Waals surface area (Å²) in [5, 5.41) is 9.77. The maximum Gasteiger partial charge on any atom is 0.276 e. The first-order valence-electron chi connectivity index (χ1n) is 8.49. The van der Waals surface area contributed by atoms with Gasteiger partial charge in [-0.1, -0.05) is 18.2 Å². The summed E-state index contributed by atoms with van der Waals surface area (Å²) < 4.78 is 15.4. The lowest BCUT2D eigenvalue weighted by Crippen LogP contribution is -2.15. The Bertz CT molecular complexity index is 1150. The molecule has 0 unspecified atom stereocenters. The SMILES string of the molecule is Cc1c(C(=O)Nc2ccncc2F)nn(C)c1-c1cccc(-c2nccs2)c1. The third kappa shape index (κ3) is 3.29. The molecule has 0 aliphatic carbocycles. The average Bonchev–Trinajstić information content (AvgIpc) is 3.32. The maximum absolute atomic E-state index is 13.8. The lowest BCUT2D eigenvalue weighted by molar-refractivity contribution is 0.102. The average molecular weight is 393 g/mol. The van der Waals surface area contributed by atoms with Gasteiger partial charge in [0.2, 0.25) is 0 Å². The molecule has 0 spiro atoms. The Labute approximate surface area is 164 Å². The van der Waals surface area contributed by atoms with Crippen molar-refractivity contribution >= 4 is 22.9 Å². The highest BCUT2D eigenvalue weighted by molar-refractivity contribution is 7.13. The van der Waals surface area contributed by atoms with E-state index >= 15 is 0 Å².